The molecule has 0 saturated carbocycles. The maximum Gasteiger partial charge on any atom is 0.257 e. The first kappa shape index (κ1) is 20.4. The molecule has 0 aliphatic heterocycles. The van der Waals surface area contributed by atoms with Gasteiger partial charge in [0.25, 0.3) is 5.91 Å². The number of nitrogens with two attached hydrogens (primary N) is 1. The quantitative estimate of drug-likeness (QED) is 0.652. The lowest BCUT2D eigenvalue weighted by atomic mass is 10.0. The molecule has 0 radical (unpaired) electrons. The van der Waals surface area contributed by atoms with Crippen LogP contribution in [0.1, 0.15) is 63.0 Å². The van der Waals surface area contributed by atoms with Gasteiger partial charge in [0.15, 0.2) is 0 Å². The summed E-state index contributed by atoms with van der Waals surface area (Å²) in [6.45, 7) is 10.1. The molecule has 3 aromatic rings. The van der Waals surface area contributed by atoms with E-state index in [0.717, 1.165) is 22.6 Å². The Morgan fingerprint density at radius 3 is 2.14 bits per heavy atom. The zero-order valence-electron chi connectivity index (χ0n) is 17.5. The molecule has 0 fully saturated rings. The van der Waals surface area contributed by atoms with Gasteiger partial charge in [-0.2, -0.15) is 0 Å². The SMILES string of the molecule is Cc1cc(NC(=O)c2cc(C)n(-c3ccc(C(C)C)cc3)c2C)ccc1C(N)=O. The van der Waals surface area contributed by atoms with Crippen LogP contribution in [0.25, 0.3) is 5.69 Å². The summed E-state index contributed by atoms with van der Waals surface area (Å²) in [4.78, 5) is 24.3. The molecule has 0 atom stereocenters. The number of carbonyl (C=O) groups is 2. The minimum Gasteiger partial charge on any atom is -0.366 e. The second-order valence-corrected chi connectivity index (χ2v) is 7.71. The van der Waals surface area contributed by atoms with Crippen LogP contribution in [0, 0.1) is 20.8 Å². The Morgan fingerprint density at radius 2 is 1.59 bits per heavy atom. The van der Waals surface area contributed by atoms with E-state index in [-0.39, 0.29) is 5.91 Å². The zero-order chi connectivity index (χ0) is 21.3. The summed E-state index contributed by atoms with van der Waals surface area (Å²) in [7, 11) is 0. The largest absolute Gasteiger partial charge is 0.366 e. The number of primary amides is 1. The highest BCUT2D eigenvalue weighted by Gasteiger charge is 2.17. The zero-order valence-corrected chi connectivity index (χ0v) is 17.5. The summed E-state index contributed by atoms with van der Waals surface area (Å²) < 4.78 is 2.08. The van der Waals surface area contributed by atoms with Crippen LogP contribution in [0.4, 0.5) is 5.69 Å². The van der Waals surface area contributed by atoms with Crippen molar-refractivity contribution in [3.63, 3.8) is 0 Å². The fraction of sp³-hybridized carbons (Fsp3) is 0.250. The maximum atomic E-state index is 12.9. The molecule has 5 heteroatoms. The molecule has 1 aromatic heterocycles. The van der Waals surface area contributed by atoms with Crippen molar-refractivity contribution in [1.29, 1.82) is 0 Å². The van der Waals surface area contributed by atoms with Crippen molar-refractivity contribution in [2.24, 2.45) is 5.73 Å². The summed E-state index contributed by atoms with van der Waals surface area (Å²) in [6.07, 6.45) is 0. The Bertz CT molecular complexity index is 1080. The molecule has 29 heavy (non-hydrogen) atoms. The van der Waals surface area contributed by atoms with E-state index < -0.39 is 5.91 Å². The van der Waals surface area contributed by atoms with Gasteiger partial charge in [0.2, 0.25) is 5.91 Å². The van der Waals surface area contributed by atoms with E-state index in [1.807, 2.05) is 19.9 Å². The first-order valence-corrected chi connectivity index (χ1v) is 9.70. The Kier molecular flexibility index (Phi) is 5.59. The van der Waals surface area contributed by atoms with Crippen molar-refractivity contribution < 1.29 is 9.59 Å². The van der Waals surface area contributed by atoms with Crippen LogP contribution in [0.3, 0.4) is 0 Å². The highest BCUT2D eigenvalue weighted by molar-refractivity contribution is 6.06. The van der Waals surface area contributed by atoms with E-state index >= 15 is 0 Å². The predicted octanol–water partition coefficient (Wildman–Crippen LogP) is 4.88. The van der Waals surface area contributed by atoms with E-state index in [4.69, 9.17) is 5.73 Å². The van der Waals surface area contributed by atoms with E-state index in [1.54, 1.807) is 25.1 Å². The number of anilines is 1. The van der Waals surface area contributed by atoms with Crippen molar-refractivity contribution in [1.82, 2.24) is 4.57 Å². The molecule has 3 rings (SSSR count). The first-order chi connectivity index (χ1) is 13.7. The highest BCUT2D eigenvalue weighted by atomic mass is 16.2. The van der Waals surface area contributed by atoms with Crippen LogP contribution >= 0.6 is 0 Å². The van der Waals surface area contributed by atoms with Gasteiger partial charge in [0.1, 0.15) is 0 Å². The number of aromatic nitrogens is 1. The maximum absolute atomic E-state index is 12.9. The van der Waals surface area contributed by atoms with Crippen molar-refractivity contribution in [2.75, 3.05) is 5.32 Å². The third kappa shape index (κ3) is 4.09. The van der Waals surface area contributed by atoms with Crippen LogP contribution in [-0.4, -0.2) is 16.4 Å². The Balaban J connectivity index is 1.88. The Hall–Kier alpha value is -3.34. The van der Waals surface area contributed by atoms with Gasteiger partial charge >= 0.3 is 0 Å². The molecule has 0 bridgehead atoms. The van der Waals surface area contributed by atoms with E-state index in [2.05, 4.69) is 48.0 Å². The van der Waals surface area contributed by atoms with Crippen LogP contribution in [0.5, 0.6) is 0 Å². The third-order valence-electron chi connectivity index (χ3n) is 5.24. The van der Waals surface area contributed by atoms with Crippen LogP contribution in [0.2, 0.25) is 0 Å². The lowest BCUT2D eigenvalue weighted by Crippen LogP contribution is -2.15. The molecular weight excluding hydrogens is 362 g/mol. The van der Waals surface area contributed by atoms with Crippen molar-refractivity contribution in [3.05, 3.63) is 82.2 Å². The fourth-order valence-corrected chi connectivity index (χ4v) is 3.61. The summed E-state index contributed by atoms with van der Waals surface area (Å²) >= 11 is 0. The molecule has 1 heterocycles. The van der Waals surface area contributed by atoms with E-state index in [0.29, 0.717) is 22.7 Å². The van der Waals surface area contributed by atoms with Gasteiger partial charge in [0.05, 0.1) is 5.56 Å². The van der Waals surface area contributed by atoms with Crippen LogP contribution < -0.4 is 11.1 Å². The molecule has 2 amide bonds. The van der Waals surface area contributed by atoms with Crippen molar-refractivity contribution in [3.8, 4) is 5.69 Å². The van der Waals surface area contributed by atoms with Crippen LogP contribution in [0.15, 0.2) is 48.5 Å². The number of nitrogens with one attached hydrogen (secondary N) is 1. The minimum absolute atomic E-state index is 0.186. The monoisotopic (exact) mass is 389 g/mol. The van der Waals surface area contributed by atoms with Gasteiger partial charge in [0, 0.05) is 28.3 Å². The summed E-state index contributed by atoms with van der Waals surface area (Å²) in [6, 6.07) is 15.4. The van der Waals surface area contributed by atoms with Crippen LogP contribution in [-0.2, 0) is 0 Å². The number of aryl methyl sites for hydroxylation is 2. The molecule has 5 nitrogen and oxygen atoms in total. The van der Waals surface area contributed by atoms with E-state index in [9.17, 15) is 9.59 Å². The molecule has 0 aliphatic rings. The predicted molar refractivity (Wildman–Crippen MR) is 117 cm³/mol. The standard InChI is InChI=1S/C24H27N3O2/c1-14(2)18-6-9-20(10-7-18)27-16(4)13-22(17(27)5)24(29)26-19-8-11-21(23(25)28)15(3)12-19/h6-14H,1-5H3,(H2,25,28)(H,26,29). The Labute approximate surface area is 171 Å². The lowest BCUT2D eigenvalue weighted by molar-refractivity contribution is 0.0997. The second kappa shape index (κ2) is 7.95. The fourth-order valence-electron chi connectivity index (χ4n) is 3.61. The number of amides is 2. The van der Waals surface area contributed by atoms with Gasteiger partial charge in [-0.1, -0.05) is 26.0 Å². The van der Waals surface area contributed by atoms with Gasteiger partial charge in [-0.15, -0.1) is 0 Å². The Morgan fingerprint density at radius 1 is 0.931 bits per heavy atom. The van der Waals surface area contributed by atoms with Gasteiger partial charge in [-0.25, -0.2) is 0 Å². The van der Waals surface area contributed by atoms with E-state index in [1.165, 1.54) is 5.56 Å². The number of hydrogen-bond donors (Lipinski definition) is 2. The number of rotatable bonds is 5. The molecule has 0 unspecified atom stereocenters. The molecule has 0 saturated heterocycles. The normalized spacial score (nSPS) is 11.0. The van der Waals surface area contributed by atoms with Gasteiger partial charge < -0.3 is 15.6 Å². The second-order valence-electron chi connectivity index (χ2n) is 7.71. The molecule has 3 N–H and O–H groups in total. The number of nitrogens with zero attached hydrogens (tertiary/aromatic N) is 1. The molecule has 2 aromatic carbocycles. The molecular formula is C24H27N3O2. The number of benzene rings is 2. The smallest absolute Gasteiger partial charge is 0.257 e. The summed E-state index contributed by atoms with van der Waals surface area (Å²) in [5.74, 6) is -0.191. The molecule has 0 spiro atoms. The number of carbonyl (C=O) groups excluding carboxylic acids is 2. The molecule has 150 valence electrons. The van der Waals surface area contributed by atoms with Crippen molar-refractivity contribution in [2.45, 2.75) is 40.5 Å². The summed E-state index contributed by atoms with van der Waals surface area (Å²) in [5.41, 5.74) is 12.0. The topological polar surface area (TPSA) is 77.1 Å². The lowest BCUT2D eigenvalue weighted by Gasteiger charge is -2.12. The highest BCUT2D eigenvalue weighted by Crippen LogP contribution is 2.24. The van der Waals surface area contributed by atoms with Crippen molar-refractivity contribution >= 4 is 17.5 Å². The average Bonchev–Trinajstić information content (AvgIpc) is 2.96. The number of hydrogen-bond acceptors (Lipinski definition) is 2. The molecule has 0 aliphatic carbocycles. The van der Waals surface area contributed by atoms with Gasteiger partial charge in [-0.05, 0) is 74.2 Å². The van der Waals surface area contributed by atoms with Gasteiger partial charge in [-0.3, -0.25) is 9.59 Å². The minimum atomic E-state index is -0.479. The average molecular weight is 389 g/mol. The summed E-state index contributed by atoms with van der Waals surface area (Å²) in [5, 5.41) is 2.92. The third-order valence-corrected chi connectivity index (χ3v) is 5.24. The first-order valence-electron chi connectivity index (χ1n) is 9.70.